The molecule has 1 aromatic carbocycles. The molecule has 0 saturated heterocycles. The van der Waals surface area contributed by atoms with Gasteiger partial charge in [-0.15, -0.1) is 13.2 Å². The highest BCUT2D eigenvalue weighted by Gasteiger charge is 2.30. The van der Waals surface area contributed by atoms with Crippen LogP contribution in [0.3, 0.4) is 0 Å². The monoisotopic (exact) mass is 245 g/mol. The Labute approximate surface area is 98.3 Å². The number of hydrogen-bond donors (Lipinski definition) is 0. The number of likely N-dealkylation sites (N-methyl/N-ethyl adjacent to an activating group) is 1. The fraction of sp³-hybridized carbons (Fsp3) is 0.333. The number of benzene rings is 1. The first kappa shape index (κ1) is 13.6. The Bertz CT molecular complexity index is 368. The van der Waals surface area contributed by atoms with Gasteiger partial charge in [0.2, 0.25) is 0 Å². The summed E-state index contributed by atoms with van der Waals surface area (Å²) in [5, 5.41) is 0. The van der Waals surface area contributed by atoms with Crippen LogP contribution < -0.4 is 4.74 Å². The average Bonchev–Trinajstić information content (AvgIpc) is 2.18. The molecule has 0 aliphatic carbocycles. The average molecular weight is 245 g/mol. The third-order valence-electron chi connectivity index (χ3n) is 1.89. The van der Waals surface area contributed by atoms with E-state index in [1.165, 1.54) is 12.1 Å². The maximum Gasteiger partial charge on any atom is 0.573 e. The molecule has 0 aliphatic rings. The second kappa shape index (κ2) is 5.72. The Morgan fingerprint density at radius 2 is 1.76 bits per heavy atom. The van der Waals surface area contributed by atoms with Crippen molar-refractivity contribution in [1.82, 2.24) is 4.90 Å². The van der Waals surface area contributed by atoms with E-state index in [0.29, 0.717) is 0 Å². The van der Waals surface area contributed by atoms with Crippen LogP contribution in [-0.4, -0.2) is 31.9 Å². The van der Waals surface area contributed by atoms with Gasteiger partial charge < -0.3 is 9.64 Å². The predicted molar refractivity (Wildman–Crippen MR) is 60.7 cm³/mol. The zero-order valence-electron chi connectivity index (χ0n) is 9.66. The van der Waals surface area contributed by atoms with Crippen molar-refractivity contribution in [2.75, 3.05) is 20.6 Å². The van der Waals surface area contributed by atoms with Gasteiger partial charge >= 0.3 is 6.36 Å². The van der Waals surface area contributed by atoms with Gasteiger partial charge in [0.25, 0.3) is 0 Å². The predicted octanol–water partition coefficient (Wildman–Crippen LogP) is 3.16. The van der Waals surface area contributed by atoms with E-state index in [1.54, 1.807) is 12.1 Å². The maximum absolute atomic E-state index is 11.9. The first-order valence-electron chi connectivity index (χ1n) is 5.04. The van der Waals surface area contributed by atoms with E-state index in [-0.39, 0.29) is 5.75 Å². The molecule has 0 radical (unpaired) electrons. The fourth-order valence-electron chi connectivity index (χ4n) is 1.18. The standard InChI is InChI=1S/C12H14F3NO/c1-16(2)9-3-4-10-5-7-11(8-6-10)17-12(13,14)15/h3-8H,9H2,1-2H3/b4-3+. The van der Waals surface area contributed by atoms with Gasteiger partial charge in [-0.3, -0.25) is 0 Å². The third kappa shape index (κ3) is 5.97. The Morgan fingerprint density at radius 1 is 1.18 bits per heavy atom. The lowest BCUT2D eigenvalue weighted by molar-refractivity contribution is -0.274. The van der Waals surface area contributed by atoms with Crippen molar-refractivity contribution in [1.29, 1.82) is 0 Å². The summed E-state index contributed by atoms with van der Waals surface area (Å²) < 4.78 is 39.4. The molecule has 0 spiro atoms. The van der Waals surface area contributed by atoms with Crippen molar-refractivity contribution in [2.45, 2.75) is 6.36 Å². The minimum absolute atomic E-state index is 0.206. The lowest BCUT2D eigenvalue weighted by Crippen LogP contribution is -2.16. The molecule has 1 rings (SSSR count). The van der Waals surface area contributed by atoms with Crippen molar-refractivity contribution >= 4 is 6.08 Å². The van der Waals surface area contributed by atoms with E-state index < -0.39 is 6.36 Å². The summed E-state index contributed by atoms with van der Waals surface area (Å²) in [6, 6.07) is 5.74. The molecule has 94 valence electrons. The summed E-state index contributed by atoms with van der Waals surface area (Å²) in [6.07, 6.45) is -0.862. The van der Waals surface area contributed by atoms with E-state index in [2.05, 4.69) is 4.74 Å². The first-order valence-corrected chi connectivity index (χ1v) is 5.04. The Kier molecular flexibility index (Phi) is 4.57. The number of hydrogen-bond acceptors (Lipinski definition) is 2. The highest BCUT2D eigenvalue weighted by molar-refractivity contribution is 5.50. The SMILES string of the molecule is CN(C)C/C=C/c1ccc(OC(F)(F)F)cc1. The number of nitrogens with zero attached hydrogens (tertiary/aromatic N) is 1. The normalized spacial score (nSPS) is 12.4. The molecule has 0 N–H and O–H groups in total. The molecule has 0 aromatic heterocycles. The zero-order valence-corrected chi connectivity index (χ0v) is 9.66. The van der Waals surface area contributed by atoms with Crippen molar-refractivity contribution in [3.8, 4) is 5.75 Å². The minimum Gasteiger partial charge on any atom is -0.406 e. The topological polar surface area (TPSA) is 12.5 Å². The van der Waals surface area contributed by atoms with Gasteiger partial charge in [0, 0.05) is 6.54 Å². The van der Waals surface area contributed by atoms with E-state index in [0.717, 1.165) is 12.1 Å². The molecule has 5 heteroatoms. The Balaban J connectivity index is 2.59. The van der Waals surface area contributed by atoms with Gasteiger partial charge in [-0.2, -0.15) is 0 Å². The number of rotatable bonds is 4. The van der Waals surface area contributed by atoms with Gasteiger partial charge in [0.15, 0.2) is 0 Å². The van der Waals surface area contributed by atoms with Crippen LogP contribution in [0.5, 0.6) is 5.75 Å². The van der Waals surface area contributed by atoms with E-state index in [4.69, 9.17) is 0 Å². The molecule has 0 bridgehead atoms. The molecule has 2 nitrogen and oxygen atoms in total. The van der Waals surface area contributed by atoms with Crippen LogP contribution >= 0.6 is 0 Å². The second-order valence-corrected chi connectivity index (χ2v) is 3.78. The fourth-order valence-corrected chi connectivity index (χ4v) is 1.18. The summed E-state index contributed by atoms with van der Waals surface area (Å²) >= 11 is 0. The van der Waals surface area contributed by atoms with Gasteiger partial charge in [-0.25, -0.2) is 0 Å². The van der Waals surface area contributed by atoms with Gasteiger partial charge in [0.05, 0.1) is 0 Å². The van der Waals surface area contributed by atoms with Crippen molar-refractivity contribution in [3.05, 3.63) is 35.9 Å². The Morgan fingerprint density at radius 3 is 2.24 bits per heavy atom. The molecular weight excluding hydrogens is 231 g/mol. The first-order chi connectivity index (χ1) is 7.87. The molecule has 0 atom stereocenters. The lowest BCUT2D eigenvalue weighted by atomic mass is 10.2. The van der Waals surface area contributed by atoms with Crippen molar-refractivity contribution < 1.29 is 17.9 Å². The van der Waals surface area contributed by atoms with Crippen LogP contribution in [0.15, 0.2) is 30.3 Å². The summed E-state index contributed by atoms with van der Waals surface area (Å²) in [6.45, 7) is 0.779. The van der Waals surface area contributed by atoms with E-state index in [9.17, 15) is 13.2 Å². The summed E-state index contributed by atoms with van der Waals surface area (Å²) in [5.41, 5.74) is 0.835. The van der Waals surface area contributed by atoms with Crippen LogP contribution in [0, 0.1) is 0 Å². The van der Waals surface area contributed by atoms with E-state index in [1.807, 2.05) is 31.1 Å². The smallest absolute Gasteiger partial charge is 0.406 e. The van der Waals surface area contributed by atoms with Crippen LogP contribution in [0.1, 0.15) is 5.56 Å². The van der Waals surface area contributed by atoms with Crippen LogP contribution in [0.25, 0.3) is 6.08 Å². The number of ether oxygens (including phenoxy) is 1. The molecule has 0 unspecified atom stereocenters. The van der Waals surface area contributed by atoms with Crippen LogP contribution in [-0.2, 0) is 0 Å². The zero-order chi connectivity index (χ0) is 12.9. The van der Waals surface area contributed by atoms with Crippen molar-refractivity contribution in [3.63, 3.8) is 0 Å². The molecule has 1 aromatic rings. The van der Waals surface area contributed by atoms with Crippen molar-refractivity contribution in [2.24, 2.45) is 0 Å². The molecular formula is C12H14F3NO. The summed E-state index contributed by atoms with van der Waals surface area (Å²) in [7, 11) is 3.87. The minimum atomic E-state index is -4.64. The van der Waals surface area contributed by atoms with Gasteiger partial charge in [-0.1, -0.05) is 24.3 Å². The second-order valence-electron chi connectivity index (χ2n) is 3.78. The molecule has 17 heavy (non-hydrogen) atoms. The summed E-state index contributed by atoms with van der Waals surface area (Å²) in [4.78, 5) is 1.98. The van der Waals surface area contributed by atoms with Gasteiger partial charge in [0.1, 0.15) is 5.75 Å². The van der Waals surface area contributed by atoms with Gasteiger partial charge in [-0.05, 0) is 31.8 Å². The quantitative estimate of drug-likeness (QED) is 0.807. The Hall–Kier alpha value is -1.49. The highest BCUT2D eigenvalue weighted by atomic mass is 19.4. The lowest BCUT2D eigenvalue weighted by Gasteiger charge is -2.08. The largest absolute Gasteiger partial charge is 0.573 e. The highest BCUT2D eigenvalue weighted by Crippen LogP contribution is 2.22. The third-order valence-corrected chi connectivity index (χ3v) is 1.89. The maximum atomic E-state index is 11.9. The van der Waals surface area contributed by atoms with E-state index >= 15 is 0 Å². The number of halogens is 3. The van der Waals surface area contributed by atoms with Crippen LogP contribution in [0.4, 0.5) is 13.2 Å². The number of alkyl halides is 3. The summed E-state index contributed by atoms with van der Waals surface area (Å²) in [5.74, 6) is -0.206. The molecule has 0 aliphatic heterocycles. The molecule has 0 amide bonds. The van der Waals surface area contributed by atoms with Crippen LogP contribution in [0.2, 0.25) is 0 Å². The molecule has 0 fully saturated rings. The molecule has 0 heterocycles. The molecule has 0 saturated carbocycles.